The summed E-state index contributed by atoms with van der Waals surface area (Å²) in [5.74, 6) is 0.124. The first-order valence-corrected chi connectivity index (χ1v) is 5.03. The van der Waals surface area contributed by atoms with Gasteiger partial charge in [-0.15, -0.1) is 0 Å². The maximum absolute atomic E-state index is 7.39. The summed E-state index contributed by atoms with van der Waals surface area (Å²) < 4.78 is 5.65. The highest BCUT2D eigenvalue weighted by Gasteiger charge is 2.22. The molecule has 4 nitrogen and oxygen atoms in total. The molecule has 0 bridgehead atoms. The topological polar surface area (TPSA) is 62.3 Å². The van der Waals surface area contributed by atoms with E-state index in [1.165, 1.54) is 0 Å². The minimum atomic E-state index is 0.0313. The molecule has 1 unspecified atom stereocenters. The Morgan fingerprint density at radius 2 is 2.13 bits per heavy atom. The molecule has 1 fully saturated rings. The van der Waals surface area contributed by atoms with Gasteiger partial charge in [0.1, 0.15) is 6.10 Å². The highest BCUT2D eigenvalue weighted by molar-refractivity contribution is 5.74. The van der Waals surface area contributed by atoms with Crippen molar-refractivity contribution in [1.29, 1.82) is 5.41 Å². The first-order valence-electron chi connectivity index (χ1n) is 5.03. The molecular formula is C11H15N3O. The summed E-state index contributed by atoms with van der Waals surface area (Å²) >= 11 is 0. The molecule has 1 aliphatic rings. The van der Waals surface area contributed by atoms with Crippen LogP contribution < -0.4 is 5.73 Å². The maximum Gasteiger partial charge on any atom is 0.188 e. The predicted molar refractivity (Wildman–Crippen MR) is 58.6 cm³/mol. The number of morpholine rings is 1. The Labute approximate surface area is 89.1 Å². The lowest BCUT2D eigenvalue weighted by atomic mass is 10.1. The Balaban J connectivity index is 2.08. The van der Waals surface area contributed by atoms with Crippen molar-refractivity contribution in [2.75, 3.05) is 19.7 Å². The van der Waals surface area contributed by atoms with Crippen molar-refractivity contribution in [2.45, 2.75) is 6.10 Å². The molecule has 1 heterocycles. The van der Waals surface area contributed by atoms with Crippen molar-refractivity contribution in [3.63, 3.8) is 0 Å². The van der Waals surface area contributed by atoms with Crippen LogP contribution in [0.5, 0.6) is 0 Å². The number of hydrogen-bond acceptors (Lipinski definition) is 2. The highest BCUT2D eigenvalue weighted by atomic mass is 16.5. The van der Waals surface area contributed by atoms with Gasteiger partial charge in [0.2, 0.25) is 0 Å². The average molecular weight is 205 g/mol. The Morgan fingerprint density at radius 1 is 1.40 bits per heavy atom. The summed E-state index contributed by atoms with van der Waals surface area (Å²) in [5.41, 5.74) is 6.60. The lowest BCUT2D eigenvalue weighted by Crippen LogP contribution is -2.45. The summed E-state index contributed by atoms with van der Waals surface area (Å²) in [4.78, 5) is 1.83. The zero-order chi connectivity index (χ0) is 10.7. The van der Waals surface area contributed by atoms with Crippen LogP contribution in [-0.4, -0.2) is 30.6 Å². The highest BCUT2D eigenvalue weighted by Crippen LogP contribution is 2.21. The molecule has 1 aliphatic heterocycles. The van der Waals surface area contributed by atoms with Gasteiger partial charge < -0.3 is 15.4 Å². The summed E-state index contributed by atoms with van der Waals surface area (Å²) in [6, 6.07) is 10.0. The minimum absolute atomic E-state index is 0.0313. The van der Waals surface area contributed by atoms with Gasteiger partial charge in [-0.2, -0.15) is 0 Å². The van der Waals surface area contributed by atoms with Crippen molar-refractivity contribution in [1.82, 2.24) is 4.90 Å². The van der Waals surface area contributed by atoms with E-state index in [4.69, 9.17) is 15.9 Å². The van der Waals surface area contributed by atoms with Crippen LogP contribution >= 0.6 is 0 Å². The van der Waals surface area contributed by atoms with Crippen LogP contribution in [0.15, 0.2) is 30.3 Å². The molecular weight excluding hydrogens is 190 g/mol. The van der Waals surface area contributed by atoms with E-state index in [0.717, 1.165) is 5.56 Å². The third-order valence-electron chi connectivity index (χ3n) is 2.58. The van der Waals surface area contributed by atoms with Crippen LogP contribution in [0, 0.1) is 5.41 Å². The molecule has 4 heteroatoms. The SMILES string of the molecule is N=C(N)N1CCOC(c2ccccc2)C1. The lowest BCUT2D eigenvalue weighted by Gasteiger charge is -2.33. The second kappa shape index (κ2) is 4.31. The molecule has 0 saturated carbocycles. The summed E-state index contributed by atoms with van der Waals surface area (Å²) in [5, 5.41) is 7.39. The fraction of sp³-hybridized carbons (Fsp3) is 0.364. The van der Waals surface area contributed by atoms with E-state index in [-0.39, 0.29) is 12.1 Å². The van der Waals surface area contributed by atoms with Gasteiger partial charge >= 0.3 is 0 Å². The summed E-state index contributed by atoms with van der Waals surface area (Å²) in [6.07, 6.45) is 0.0313. The van der Waals surface area contributed by atoms with Crippen LogP contribution in [0.3, 0.4) is 0 Å². The Morgan fingerprint density at radius 3 is 2.80 bits per heavy atom. The molecule has 1 aromatic rings. The first-order chi connectivity index (χ1) is 7.27. The number of nitrogens with two attached hydrogens (primary N) is 1. The van der Waals surface area contributed by atoms with E-state index < -0.39 is 0 Å². The number of benzene rings is 1. The Kier molecular flexibility index (Phi) is 2.87. The van der Waals surface area contributed by atoms with Crippen LogP contribution in [-0.2, 0) is 4.74 Å². The number of rotatable bonds is 1. The van der Waals surface area contributed by atoms with Crippen molar-refractivity contribution in [3.8, 4) is 0 Å². The van der Waals surface area contributed by atoms with Gasteiger partial charge in [0.25, 0.3) is 0 Å². The smallest absolute Gasteiger partial charge is 0.188 e. The van der Waals surface area contributed by atoms with Crippen molar-refractivity contribution >= 4 is 5.96 Å². The van der Waals surface area contributed by atoms with Crippen LogP contribution in [0.4, 0.5) is 0 Å². The van der Waals surface area contributed by atoms with E-state index in [1.807, 2.05) is 35.2 Å². The number of guanidine groups is 1. The Bertz CT molecular complexity index is 339. The normalized spacial score (nSPS) is 21.3. The molecule has 0 amide bonds. The molecule has 1 atom stereocenters. The fourth-order valence-electron chi connectivity index (χ4n) is 1.74. The molecule has 3 N–H and O–H groups in total. The van der Waals surface area contributed by atoms with Gasteiger partial charge in [-0.25, -0.2) is 0 Å². The molecule has 0 spiro atoms. The van der Waals surface area contributed by atoms with E-state index in [9.17, 15) is 0 Å². The third-order valence-corrected chi connectivity index (χ3v) is 2.58. The van der Waals surface area contributed by atoms with E-state index in [0.29, 0.717) is 19.7 Å². The number of nitrogens with zero attached hydrogens (tertiary/aromatic N) is 1. The number of ether oxygens (including phenoxy) is 1. The largest absolute Gasteiger partial charge is 0.370 e. The molecule has 80 valence electrons. The zero-order valence-electron chi connectivity index (χ0n) is 8.52. The van der Waals surface area contributed by atoms with E-state index >= 15 is 0 Å². The molecule has 15 heavy (non-hydrogen) atoms. The molecule has 1 saturated heterocycles. The number of nitrogens with one attached hydrogen (secondary N) is 1. The quantitative estimate of drug-likeness (QED) is 0.530. The Hall–Kier alpha value is -1.55. The minimum Gasteiger partial charge on any atom is -0.370 e. The van der Waals surface area contributed by atoms with Gasteiger partial charge in [-0.3, -0.25) is 5.41 Å². The van der Waals surface area contributed by atoms with Gasteiger partial charge in [0, 0.05) is 6.54 Å². The van der Waals surface area contributed by atoms with E-state index in [1.54, 1.807) is 0 Å². The molecule has 2 rings (SSSR count). The molecule has 0 radical (unpaired) electrons. The van der Waals surface area contributed by atoms with Gasteiger partial charge in [0.15, 0.2) is 5.96 Å². The van der Waals surface area contributed by atoms with Crippen molar-refractivity contribution in [2.24, 2.45) is 5.73 Å². The summed E-state index contributed by atoms with van der Waals surface area (Å²) in [6.45, 7) is 2.00. The maximum atomic E-state index is 7.39. The van der Waals surface area contributed by atoms with Gasteiger partial charge in [-0.05, 0) is 5.56 Å². The molecule has 0 aromatic heterocycles. The second-order valence-corrected chi connectivity index (χ2v) is 3.60. The summed E-state index contributed by atoms with van der Waals surface area (Å²) in [7, 11) is 0. The number of hydrogen-bond donors (Lipinski definition) is 2. The van der Waals surface area contributed by atoms with Gasteiger partial charge in [-0.1, -0.05) is 30.3 Å². The second-order valence-electron chi connectivity index (χ2n) is 3.60. The third kappa shape index (κ3) is 2.27. The van der Waals surface area contributed by atoms with E-state index in [2.05, 4.69) is 0 Å². The molecule has 0 aliphatic carbocycles. The lowest BCUT2D eigenvalue weighted by molar-refractivity contribution is -0.00751. The van der Waals surface area contributed by atoms with Crippen LogP contribution in [0.2, 0.25) is 0 Å². The standard InChI is InChI=1S/C11H15N3O/c12-11(13)14-6-7-15-10(8-14)9-4-2-1-3-5-9/h1-5,10H,6-8H2,(H3,12,13). The van der Waals surface area contributed by atoms with Gasteiger partial charge in [0.05, 0.1) is 13.2 Å². The van der Waals surface area contributed by atoms with Crippen molar-refractivity contribution < 1.29 is 4.74 Å². The molecule has 1 aromatic carbocycles. The fourth-order valence-corrected chi connectivity index (χ4v) is 1.74. The van der Waals surface area contributed by atoms with Crippen molar-refractivity contribution in [3.05, 3.63) is 35.9 Å². The monoisotopic (exact) mass is 205 g/mol. The van der Waals surface area contributed by atoms with Crippen LogP contribution in [0.1, 0.15) is 11.7 Å². The average Bonchev–Trinajstić information content (AvgIpc) is 2.30. The van der Waals surface area contributed by atoms with Crippen LogP contribution in [0.25, 0.3) is 0 Å². The predicted octanol–water partition coefficient (Wildman–Crippen LogP) is 0.953. The zero-order valence-corrected chi connectivity index (χ0v) is 8.52. The first kappa shape index (κ1) is 9.98.